The molecule has 5 nitrogen and oxygen atoms in total. The molecule has 2 aromatic rings. The molecule has 0 radical (unpaired) electrons. The highest BCUT2D eigenvalue weighted by atomic mass is 79.9. The van der Waals surface area contributed by atoms with Gasteiger partial charge in [0.2, 0.25) is 0 Å². The molecule has 8 heteroatoms. The van der Waals surface area contributed by atoms with Gasteiger partial charge in [0, 0.05) is 5.88 Å². The van der Waals surface area contributed by atoms with Gasteiger partial charge in [0.25, 0.3) is 10.0 Å². The third kappa shape index (κ3) is 3.91. The fourth-order valence-corrected chi connectivity index (χ4v) is 2.92. The van der Waals surface area contributed by atoms with E-state index in [-0.39, 0.29) is 10.7 Å². The predicted octanol–water partition coefficient (Wildman–Crippen LogP) is 2.82. The molecule has 0 amide bonds. The second kappa shape index (κ2) is 6.51. The van der Waals surface area contributed by atoms with Crippen LogP contribution in [-0.2, 0) is 16.4 Å². The lowest BCUT2D eigenvalue weighted by molar-refractivity contribution is 0.601. The minimum absolute atomic E-state index is 0.165. The van der Waals surface area contributed by atoms with Crippen molar-refractivity contribution in [1.29, 1.82) is 0 Å². The van der Waals surface area contributed by atoms with Crippen LogP contribution < -0.4 is 4.72 Å². The number of alkyl halides is 1. The van der Waals surface area contributed by atoms with Gasteiger partial charge in [-0.05, 0) is 40.0 Å². The lowest BCUT2D eigenvalue weighted by atomic mass is 10.2. The monoisotopic (exact) mass is 375 g/mol. The van der Waals surface area contributed by atoms with Crippen LogP contribution >= 0.6 is 27.5 Å². The molecule has 0 aliphatic carbocycles. The molecular weight excluding hydrogens is 366 g/mol. The summed E-state index contributed by atoms with van der Waals surface area (Å²) in [7, 11) is -3.66. The van der Waals surface area contributed by atoms with E-state index in [2.05, 4.69) is 30.6 Å². The zero-order valence-electron chi connectivity index (χ0n) is 10.3. The summed E-state index contributed by atoms with van der Waals surface area (Å²) < 4.78 is 27.2. The van der Waals surface area contributed by atoms with Gasteiger partial charge in [0.15, 0.2) is 5.82 Å². The van der Waals surface area contributed by atoms with Gasteiger partial charge in [-0.25, -0.2) is 18.4 Å². The summed E-state index contributed by atoms with van der Waals surface area (Å²) in [6.45, 7) is 0. The van der Waals surface area contributed by atoms with E-state index in [1.165, 1.54) is 24.5 Å². The SMILES string of the molecule is O=S(=O)(Nc1cnc(Br)cn1)c1ccc(CCCl)cc1. The zero-order chi connectivity index (χ0) is 14.6. The van der Waals surface area contributed by atoms with Crippen LogP contribution in [0.25, 0.3) is 0 Å². The first-order valence-electron chi connectivity index (χ1n) is 5.66. The average Bonchev–Trinajstić information content (AvgIpc) is 2.42. The topological polar surface area (TPSA) is 72.0 Å². The highest BCUT2D eigenvalue weighted by Crippen LogP contribution is 2.15. The Hall–Kier alpha value is -1.18. The second-order valence-corrected chi connectivity index (χ2v) is 6.79. The Morgan fingerprint density at radius 1 is 1.15 bits per heavy atom. The Kier molecular flexibility index (Phi) is 4.95. The Balaban J connectivity index is 2.19. The van der Waals surface area contributed by atoms with Crippen molar-refractivity contribution >= 4 is 43.4 Å². The van der Waals surface area contributed by atoms with Crippen LogP contribution in [0, 0.1) is 0 Å². The van der Waals surface area contributed by atoms with Crippen molar-refractivity contribution < 1.29 is 8.42 Å². The smallest absolute Gasteiger partial charge is 0.262 e. The molecule has 0 aliphatic rings. The van der Waals surface area contributed by atoms with Crippen molar-refractivity contribution in [2.75, 3.05) is 10.6 Å². The molecule has 1 N–H and O–H groups in total. The van der Waals surface area contributed by atoms with Crippen molar-refractivity contribution in [3.63, 3.8) is 0 Å². The van der Waals surface area contributed by atoms with E-state index < -0.39 is 10.0 Å². The van der Waals surface area contributed by atoms with E-state index in [9.17, 15) is 8.42 Å². The number of anilines is 1. The third-order valence-electron chi connectivity index (χ3n) is 2.48. The van der Waals surface area contributed by atoms with Crippen LogP contribution in [0.15, 0.2) is 46.2 Å². The number of aryl methyl sites for hydroxylation is 1. The highest BCUT2D eigenvalue weighted by molar-refractivity contribution is 9.10. The zero-order valence-corrected chi connectivity index (χ0v) is 13.4. The quantitative estimate of drug-likeness (QED) is 0.815. The van der Waals surface area contributed by atoms with Crippen LogP contribution in [0.1, 0.15) is 5.56 Å². The summed E-state index contributed by atoms with van der Waals surface area (Å²) in [5.74, 6) is 0.664. The summed E-state index contributed by atoms with van der Waals surface area (Å²) in [6.07, 6.45) is 3.46. The van der Waals surface area contributed by atoms with Crippen molar-refractivity contribution in [1.82, 2.24) is 9.97 Å². The minimum atomic E-state index is -3.66. The third-order valence-corrected chi connectivity index (χ3v) is 4.45. The first-order valence-corrected chi connectivity index (χ1v) is 8.47. The molecule has 1 aromatic carbocycles. The maximum atomic E-state index is 12.1. The summed E-state index contributed by atoms with van der Waals surface area (Å²) in [5, 5.41) is 0. The van der Waals surface area contributed by atoms with E-state index in [1.54, 1.807) is 12.1 Å². The van der Waals surface area contributed by atoms with Gasteiger partial charge in [-0.2, -0.15) is 0 Å². The first-order chi connectivity index (χ1) is 9.51. The Bertz CT molecular complexity index is 675. The molecule has 0 aliphatic heterocycles. The lowest BCUT2D eigenvalue weighted by Gasteiger charge is -2.07. The van der Waals surface area contributed by atoms with E-state index in [4.69, 9.17) is 11.6 Å². The average molecular weight is 377 g/mol. The summed E-state index contributed by atoms with van der Waals surface area (Å²) in [5.41, 5.74) is 0.988. The van der Waals surface area contributed by atoms with Crippen LogP contribution in [-0.4, -0.2) is 24.3 Å². The van der Waals surface area contributed by atoms with Gasteiger partial charge in [0.05, 0.1) is 17.3 Å². The van der Waals surface area contributed by atoms with Gasteiger partial charge >= 0.3 is 0 Å². The van der Waals surface area contributed by atoms with E-state index in [1.807, 2.05) is 0 Å². The number of benzene rings is 1. The number of nitrogens with zero attached hydrogens (tertiary/aromatic N) is 2. The number of halogens is 2. The van der Waals surface area contributed by atoms with Gasteiger partial charge in [-0.3, -0.25) is 4.72 Å². The summed E-state index contributed by atoms with van der Waals surface area (Å²) in [4.78, 5) is 7.99. The van der Waals surface area contributed by atoms with Crippen molar-refractivity contribution in [2.24, 2.45) is 0 Å². The Morgan fingerprint density at radius 3 is 2.40 bits per heavy atom. The van der Waals surface area contributed by atoms with Crippen LogP contribution in [0.2, 0.25) is 0 Å². The first kappa shape index (κ1) is 15.2. The highest BCUT2D eigenvalue weighted by Gasteiger charge is 2.14. The van der Waals surface area contributed by atoms with Crippen LogP contribution in [0.5, 0.6) is 0 Å². The van der Waals surface area contributed by atoms with E-state index in [0.29, 0.717) is 16.9 Å². The van der Waals surface area contributed by atoms with Crippen LogP contribution in [0.3, 0.4) is 0 Å². The number of aromatic nitrogens is 2. The molecule has 1 heterocycles. The molecule has 0 spiro atoms. The molecule has 0 fully saturated rings. The van der Waals surface area contributed by atoms with Crippen molar-refractivity contribution in [3.05, 3.63) is 46.8 Å². The van der Waals surface area contributed by atoms with E-state index in [0.717, 1.165) is 5.56 Å². The number of nitrogens with one attached hydrogen (secondary N) is 1. The molecule has 0 bridgehead atoms. The van der Waals surface area contributed by atoms with Crippen molar-refractivity contribution in [2.45, 2.75) is 11.3 Å². The molecule has 2 rings (SSSR count). The van der Waals surface area contributed by atoms with Gasteiger partial charge in [-0.15, -0.1) is 11.6 Å². The molecule has 106 valence electrons. The van der Waals surface area contributed by atoms with Gasteiger partial charge in [0.1, 0.15) is 4.60 Å². The molecular formula is C12H11BrClN3O2S. The predicted molar refractivity (Wildman–Crippen MR) is 81.4 cm³/mol. The summed E-state index contributed by atoms with van der Waals surface area (Å²) in [6, 6.07) is 6.56. The Morgan fingerprint density at radius 2 is 1.85 bits per heavy atom. The molecule has 20 heavy (non-hydrogen) atoms. The van der Waals surface area contributed by atoms with Crippen molar-refractivity contribution in [3.8, 4) is 0 Å². The molecule has 0 saturated carbocycles. The van der Waals surface area contributed by atoms with E-state index >= 15 is 0 Å². The fourth-order valence-electron chi connectivity index (χ4n) is 1.51. The molecule has 0 atom stereocenters. The second-order valence-electron chi connectivity index (χ2n) is 3.91. The Labute approximate surface area is 130 Å². The van der Waals surface area contributed by atoms with Gasteiger partial charge < -0.3 is 0 Å². The minimum Gasteiger partial charge on any atom is -0.262 e. The van der Waals surface area contributed by atoms with Gasteiger partial charge in [-0.1, -0.05) is 12.1 Å². The normalized spacial score (nSPS) is 11.3. The summed E-state index contributed by atoms with van der Waals surface area (Å²) >= 11 is 8.77. The maximum absolute atomic E-state index is 12.1. The molecule has 1 aromatic heterocycles. The maximum Gasteiger partial charge on any atom is 0.263 e. The lowest BCUT2D eigenvalue weighted by Crippen LogP contribution is -2.14. The number of hydrogen-bond donors (Lipinski definition) is 1. The molecule has 0 unspecified atom stereocenters. The number of rotatable bonds is 5. The fraction of sp³-hybridized carbons (Fsp3) is 0.167. The standard InChI is InChI=1S/C12H11BrClN3O2S/c13-11-7-16-12(8-15-11)17-20(18,19)10-3-1-9(2-4-10)5-6-14/h1-4,7-8H,5-6H2,(H,16,17). The van der Waals surface area contributed by atoms with Crippen LogP contribution in [0.4, 0.5) is 5.82 Å². The largest absolute Gasteiger partial charge is 0.263 e. The molecule has 0 saturated heterocycles. The number of hydrogen-bond acceptors (Lipinski definition) is 4. The number of sulfonamides is 1.